The first-order valence-corrected chi connectivity index (χ1v) is 4.72. The van der Waals surface area contributed by atoms with E-state index in [2.05, 4.69) is 16.1 Å². The van der Waals surface area contributed by atoms with E-state index in [1.165, 1.54) is 0 Å². The first-order valence-electron chi connectivity index (χ1n) is 4.72. The molecule has 0 fully saturated rings. The Hall–Kier alpha value is -1.36. The molecular formula is C10H16O5. The molecule has 86 valence electrons. The zero-order valence-corrected chi connectivity index (χ0v) is 8.99. The van der Waals surface area contributed by atoms with Crippen molar-refractivity contribution in [1.29, 1.82) is 0 Å². The number of rotatable bonds is 6. The molecule has 0 aliphatic rings. The Bertz CT molecular complexity index is 246. The van der Waals surface area contributed by atoms with Gasteiger partial charge >= 0.3 is 11.9 Å². The van der Waals surface area contributed by atoms with Gasteiger partial charge in [-0.25, -0.2) is 9.59 Å². The number of aliphatic hydroxyl groups excluding tert-OH is 1. The van der Waals surface area contributed by atoms with Crippen molar-refractivity contribution in [2.45, 2.75) is 26.4 Å². The predicted octanol–water partition coefficient (Wildman–Crippen LogP) is 0.420. The van der Waals surface area contributed by atoms with Crippen LogP contribution in [-0.4, -0.2) is 36.4 Å². The second kappa shape index (κ2) is 7.00. The Labute approximate surface area is 88.7 Å². The summed E-state index contributed by atoms with van der Waals surface area (Å²) in [6, 6.07) is 0. The molecule has 0 radical (unpaired) electrons. The van der Waals surface area contributed by atoms with Gasteiger partial charge in [0.05, 0.1) is 13.2 Å². The standard InChI is InChI=1S/C10H16O5/c1-4-14-9(12)7(3)6-8(11)10(13)15-5-2/h8,11H,3-6H2,1-2H3. The average molecular weight is 216 g/mol. The van der Waals surface area contributed by atoms with E-state index in [1.807, 2.05) is 0 Å². The zero-order valence-electron chi connectivity index (χ0n) is 8.99. The van der Waals surface area contributed by atoms with E-state index in [9.17, 15) is 14.7 Å². The molecule has 1 atom stereocenters. The molecule has 0 aliphatic heterocycles. The molecule has 15 heavy (non-hydrogen) atoms. The smallest absolute Gasteiger partial charge is 0.335 e. The number of esters is 2. The monoisotopic (exact) mass is 216 g/mol. The van der Waals surface area contributed by atoms with Crippen molar-refractivity contribution in [1.82, 2.24) is 0 Å². The van der Waals surface area contributed by atoms with Crippen LogP contribution in [0.2, 0.25) is 0 Å². The molecule has 0 saturated heterocycles. The molecule has 0 aliphatic carbocycles. The minimum Gasteiger partial charge on any atom is -0.464 e. The van der Waals surface area contributed by atoms with Gasteiger partial charge in [-0.1, -0.05) is 6.58 Å². The van der Waals surface area contributed by atoms with Crippen LogP contribution in [0.3, 0.4) is 0 Å². The summed E-state index contributed by atoms with van der Waals surface area (Å²) in [5.41, 5.74) is 0.0532. The molecule has 0 amide bonds. The largest absolute Gasteiger partial charge is 0.464 e. The third-order valence-corrected chi connectivity index (χ3v) is 1.56. The highest BCUT2D eigenvalue weighted by Gasteiger charge is 2.20. The maximum Gasteiger partial charge on any atom is 0.335 e. The minimum atomic E-state index is -1.36. The van der Waals surface area contributed by atoms with E-state index in [0.717, 1.165) is 0 Å². The summed E-state index contributed by atoms with van der Waals surface area (Å²) in [6.07, 6.45) is -1.53. The number of ether oxygens (including phenoxy) is 2. The summed E-state index contributed by atoms with van der Waals surface area (Å²) in [5.74, 6) is -1.37. The highest BCUT2D eigenvalue weighted by Crippen LogP contribution is 2.06. The Kier molecular flexibility index (Phi) is 6.37. The van der Waals surface area contributed by atoms with E-state index < -0.39 is 18.0 Å². The van der Waals surface area contributed by atoms with Gasteiger partial charge in [0.2, 0.25) is 0 Å². The fraction of sp³-hybridized carbons (Fsp3) is 0.600. The second-order valence-electron chi connectivity index (χ2n) is 2.80. The lowest BCUT2D eigenvalue weighted by atomic mass is 10.1. The van der Waals surface area contributed by atoms with Gasteiger partial charge in [0.25, 0.3) is 0 Å². The minimum absolute atomic E-state index is 0.0532. The van der Waals surface area contributed by atoms with Crippen LogP contribution < -0.4 is 0 Å². The molecule has 0 aromatic heterocycles. The van der Waals surface area contributed by atoms with Crippen LogP contribution in [0, 0.1) is 0 Å². The van der Waals surface area contributed by atoms with Crippen molar-refractivity contribution < 1.29 is 24.2 Å². The van der Waals surface area contributed by atoms with Crippen LogP contribution in [0.5, 0.6) is 0 Å². The van der Waals surface area contributed by atoms with Gasteiger partial charge in [-0.15, -0.1) is 0 Å². The lowest BCUT2D eigenvalue weighted by Crippen LogP contribution is -2.25. The van der Waals surface area contributed by atoms with Gasteiger partial charge in [-0.05, 0) is 13.8 Å². The Balaban J connectivity index is 4.06. The molecule has 0 heterocycles. The van der Waals surface area contributed by atoms with Crippen molar-refractivity contribution >= 4 is 11.9 Å². The maximum absolute atomic E-state index is 11.1. The molecule has 1 unspecified atom stereocenters. The molecule has 5 nitrogen and oxygen atoms in total. The summed E-state index contributed by atoms with van der Waals surface area (Å²) >= 11 is 0. The van der Waals surface area contributed by atoms with Crippen LogP contribution in [0.15, 0.2) is 12.2 Å². The van der Waals surface area contributed by atoms with E-state index >= 15 is 0 Å². The molecule has 5 heteroatoms. The fourth-order valence-corrected chi connectivity index (χ4v) is 0.872. The number of carbonyl (C=O) groups excluding carboxylic acids is 2. The van der Waals surface area contributed by atoms with Gasteiger partial charge in [0.15, 0.2) is 6.10 Å². The molecule has 0 spiro atoms. The fourth-order valence-electron chi connectivity index (χ4n) is 0.872. The van der Waals surface area contributed by atoms with Crippen molar-refractivity contribution in [2.75, 3.05) is 13.2 Å². The lowest BCUT2D eigenvalue weighted by molar-refractivity contribution is -0.153. The lowest BCUT2D eigenvalue weighted by Gasteiger charge is -2.10. The summed E-state index contributed by atoms with van der Waals surface area (Å²) in [5, 5.41) is 9.29. The summed E-state index contributed by atoms with van der Waals surface area (Å²) in [4.78, 5) is 22.1. The maximum atomic E-state index is 11.1. The number of carbonyl (C=O) groups is 2. The topological polar surface area (TPSA) is 72.8 Å². The molecule has 0 rings (SSSR count). The van der Waals surface area contributed by atoms with Crippen molar-refractivity contribution in [3.63, 3.8) is 0 Å². The van der Waals surface area contributed by atoms with Gasteiger partial charge in [-0.2, -0.15) is 0 Å². The van der Waals surface area contributed by atoms with E-state index in [0.29, 0.717) is 0 Å². The summed E-state index contributed by atoms with van der Waals surface area (Å²) < 4.78 is 9.20. The van der Waals surface area contributed by atoms with Gasteiger partial charge in [-0.3, -0.25) is 0 Å². The van der Waals surface area contributed by atoms with Crippen molar-refractivity contribution in [2.24, 2.45) is 0 Å². The first-order chi connectivity index (χ1) is 7.02. The summed E-state index contributed by atoms with van der Waals surface area (Å²) in [7, 11) is 0. The van der Waals surface area contributed by atoms with E-state index in [1.54, 1.807) is 13.8 Å². The number of aliphatic hydroxyl groups is 1. The van der Waals surface area contributed by atoms with Gasteiger partial charge in [0, 0.05) is 12.0 Å². The Morgan fingerprint density at radius 1 is 1.27 bits per heavy atom. The normalized spacial score (nSPS) is 11.7. The van der Waals surface area contributed by atoms with Crippen molar-refractivity contribution in [3.8, 4) is 0 Å². The molecule has 0 aromatic carbocycles. The third-order valence-electron chi connectivity index (χ3n) is 1.56. The number of hydrogen-bond acceptors (Lipinski definition) is 5. The third kappa shape index (κ3) is 5.17. The predicted molar refractivity (Wildman–Crippen MR) is 53.0 cm³/mol. The molecule has 0 saturated carbocycles. The highest BCUT2D eigenvalue weighted by molar-refractivity contribution is 5.89. The molecule has 0 aromatic rings. The molecule has 0 bridgehead atoms. The first kappa shape index (κ1) is 13.6. The zero-order chi connectivity index (χ0) is 11.8. The molecule has 1 N–H and O–H groups in total. The number of hydrogen-bond donors (Lipinski definition) is 1. The van der Waals surface area contributed by atoms with Crippen LogP contribution in [-0.2, 0) is 19.1 Å². The quantitative estimate of drug-likeness (QED) is 0.514. The van der Waals surface area contributed by atoms with Crippen LogP contribution in [0.1, 0.15) is 20.3 Å². The van der Waals surface area contributed by atoms with Crippen molar-refractivity contribution in [3.05, 3.63) is 12.2 Å². The summed E-state index contributed by atoms with van der Waals surface area (Å²) in [6.45, 7) is 7.11. The van der Waals surface area contributed by atoms with Crippen LogP contribution in [0.25, 0.3) is 0 Å². The van der Waals surface area contributed by atoms with Gasteiger partial charge in [0.1, 0.15) is 0 Å². The van der Waals surface area contributed by atoms with E-state index in [4.69, 9.17) is 0 Å². The Morgan fingerprint density at radius 3 is 2.27 bits per heavy atom. The van der Waals surface area contributed by atoms with Crippen LogP contribution >= 0.6 is 0 Å². The van der Waals surface area contributed by atoms with Crippen LogP contribution in [0.4, 0.5) is 0 Å². The Morgan fingerprint density at radius 2 is 1.80 bits per heavy atom. The average Bonchev–Trinajstić information content (AvgIpc) is 2.18. The SMILES string of the molecule is C=C(CC(O)C(=O)OCC)C(=O)OCC. The van der Waals surface area contributed by atoms with Gasteiger partial charge < -0.3 is 14.6 Å². The second-order valence-corrected chi connectivity index (χ2v) is 2.80. The highest BCUT2D eigenvalue weighted by atomic mass is 16.5. The molecular weight excluding hydrogens is 200 g/mol. The van der Waals surface area contributed by atoms with E-state index in [-0.39, 0.29) is 25.2 Å².